The lowest BCUT2D eigenvalue weighted by Crippen LogP contribution is -2.30. The van der Waals surface area contributed by atoms with Crippen LogP contribution in [0.5, 0.6) is 5.75 Å². The average molecular weight is 299 g/mol. The number of aromatic amines is 1. The number of hydrogen-bond donors (Lipinski definition) is 1. The topological polar surface area (TPSA) is 58.2 Å². The van der Waals surface area contributed by atoms with Crippen molar-refractivity contribution in [3.05, 3.63) is 47.3 Å². The Labute approximate surface area is 130 Å². The number of amides is 1. The Morgan fingerprint density at radius 1 is 1.50 bits per heavy atom. The second-order valence-corrected chi connectivity index (χ2v) is 5.82. The van der Waals surface area contributed by atoms with Crippen LogP contribution in [-0.4, -0.2) is 41.2 Å². The van der Waals surface area contributed by atoms with Crippen molar-refractivity contribution >= 4 is 5.91 Å². The SMILES string of the molecule is COc1cccc(CC(=O)N2CC[C@H](c3[nH]ncc3C)C2)c1. The van der Waals surface area contributed by atoms with Gasteiger partial charge < -0.3 is 9.64 Å². The number of hydrogen-bond acceptors (Lipinski definition) is 3. The van der Waals surface area contributed by atoms with Crippen molar-refractivity contribution in [2.75, 3.05) is 20.2 Å². The molecule has 1 aromatic heterocycles. The van der Waals surface area contributed by atoms with E-state index in [-0.39, 0.29) is 5.91 Å². The van der Waals surface area contributed by atoms with Crippen molar-refractivity contribution in [3.63, 3.8) is 0 Å². The number of ether oxygens (including phenoxy) is 1. The van der Waals surface area contributed by atoms with Gasteiger partial charge >= 0.3 is 0 Å². The zero-order chi connectivity index (χ0) is 15.5. The molecule has 1 aliphatic heterocycles. The number of aromatic nitrogens is 2. The number of carbonyl (C=O) groups excluding carboxylic acids is 1. The molecule has 2 heterocycles. The number of H-pyrrole nitrogens is 1. The first kappa shape index (κ1) is 14.6. The number of likely N-dealkylation sites (tertiary alicyclic amines) is 1. The fourth-order valence-corrected chi connectivity index (χ4v) is 3.06. The normalized spacial score (nSPS) is 17.7. The summed E-state index contributed by atoms with van der Waals surface area (Å²) in [6, 6.07) is 7.70. The van der Waals surface area contributed by atoms with E-state index in [1.165, 1.54) is 5.56 Å². The Morgan fingerprint density at radius 3 is 3.09 bits per heavy atom. The van der Waals surface area contributed by atoms with Crippen molar-refractivity contribution in [1.29, 1.82) is 0 Å². The lowest BCUT2D eigenvalue weighted by atomic mass is 10.0. The summed E-state index contributed by atoms with van der Waals surface area (Å²) in [7, 11) is 1.64. The summed E-state index contributed by atoms with van der Waals surface area (Å²) >= 11 is 0. The summed E-state index contributed by atoms with van der Waals surface area (Å²) in [5.74, 6) is 1.34. The molecule has 5 heteroatoms. The van der Waals surface area contributed by atoms with Gasteiger partial charge in [0.1, 0.15) is 5.75 Å². The Bertz CT molecular complexity index is 665. The molecule has 1 amide bonds. The van der Waals surface area contributed by atoms with Gasteiger partial charge in [-0.15, -0.1) is 0 Å². The van der Waals surface area contributed by atoms with Crippen LogP contribution in [0, 0.1) is 6.92 Å². The van der Waals surface area contributed by atoms with Crippen LogP contribution in [0.2, 0.25) is 0 Å². The van der Waals surface area contributed by atoms with Crippen LogP contribution in [0.4, 0.5) is 0 Å². The van der Waals surface area contributed by atoms with Gasteiger partial charge in [0.25, 0.3) is 0 Å². The van der Waals surface area contributed by atoms with E-state index < -0.39 is 0 Å². The molecule has 1 N–H and O–H groups in total. The summed E-state index contributed by atoms with van der Waals surface area (Å²) in [5, 5.41) is 7.15. The zero-order valence-corrected chi connectivity index (χ0v) is 13.0. The van der Waals surface area contributed by atoms with Gasteiger partial charge in [-0.3, -0.25) is 9.89 Å². The molecule has 2 aromatic rings. The van der Waals surface area contributed by atoms with Crippen molar-refractivity contribution < 1.29 is 9.53 Å². The van der Waals surface area contributed by atoms with Crippen molar-refractivity contribution in [3.8, 4) is 5.75 Å². The van der Waals surface area contributed by atoms with Crippen LogP contribution < -0.4 is 4.74 Å². The molecular formula is C17H21N3O2. The van der Waals surface area contributed by atoms with E-state index in [1.807, 2.05) is 35.4 Å². The minimum atomic E-state index is 0.174. The maximum Gasteiger partial charge on any atom is 0.227 e. The molecular weight excluding hydrogens is 278 g/mol. The molecule has 1 atom stereocenters. The van der Waals surface area contributed by atoms with Crippen molar-refractivity contribution in [2.45, 2.75) is 25.7 Å². The maximum absolute atomic E-state index is 12.5. The molecule has 116 valence electrons. The second kappa shape index (κ2) is 6.22. The van der Waals surface area contributed by atoms with Gasteiger partial charge in [0, 0.05) is 24.7 Å². The van der Waals surface area contributed by atoms with Crippen LogP contribution >= 0.6 is 0 Å². The number of nitrogens with zero attached hydrogens (tertiary/aromatic N) is 2. The third kappa shape index (κ3) is 2.98. The highest BCUT2D eigenvalue weighted by Gasteiger charge is 2.29. The number of nitrogens with one attached hydrogen (secondary N) is 1. The largest absolute Gasteiger partial charge is 0.497 e. The minimum Gasteiger partial charge on any atom is -0.497 e. The van der Waals surface area contributed by atoms with Gasteiger partial charge in [-0.1, -0.05) is 12.1 Å². The van der Waals surface area contributed by atoms with Crippen LogP contribution in [0.25, 0.3) is 0 Å². The van der Waals surface area contributed by atoms with Crippen LogP contribution in [0.3, 0.4) is 0 Å². The molecule has 0 aliphatic carbocycles. The molecule has 5 nitrogen and oxygen atoms in total. The molecule has 0 bridgehead atoms. The highest BCUT2D eigenvalue weighted by Crippen LogP contribution is 2.28. The molecule has 1 saturated heterocycles. The van der Waals surface area contributed by atoms with E-state index in [0.29, 0.717) is 12.3 Å². The Kier molecular flexibility index (Phi) is 4.13. The lowest BCUT2D eigenvalue weighted by molar-refractivity contribution is -0.129. The first-order valence-electron chi connectivity index (χ1n) is 7.58. The van der Waals surface area contributed by atoms with Crippen LogP contribution in [-0.2, 0) is 11.2 Å². The summed E-state index contributed by atoms with van der Waals surface area (Å²) in [4.78, 5) is 14.4. The molecule has 1 fully saturated rings. The molecule has 0 spiro atoms. The Hall–Kier alpha value is -2.30. The van der Waals surface area contributed by atoms with Crippen molar-refractivity contribution in [2.24, 2.45) is 0 Å². The molecule has 1 aromatic carbocycles. The van der Waals surface area contributed by atoms with Gasteiger partial charge in [0.15, 0.2) is 0 Å². The predicted molar refractivity (Wildman–Crippen MR) is 84.0 cm³/mol. The van der Waals surface area contributed by atoms with E-state index in [9.17, 15) is 4.79 Å². The molecule has 0 unspecified atom stereocenters. The summed E-state index contributed by atoms with van der Waals surface area (Å²) in [5.41, 5.74) is 3.33. The minimum absolute atomic E-state index is 0.174. The van der Waals surface area contributed by atoms with E-state index in [1.54, 1.807) is 7.11 Å². The number of methoxy groups -OCH3 is 1. The van der Waals surface area contributed by atoms with Crippen LogP contribution in [0.1, 0.15) is 29.2 Å². The standard InChI is InChI=1S/C17H21N3O2/c1-12-10-18-19-17(12)14-6-7-20(11-14)16(21)9-13-4-3-5-15(8-13)22-2/h3-5,8,10,14H,6-7,9,11H2,1-2H3,(H,18,19)/t14-/m0/s1. The monoisotopic (exact) mass is 299 g/mol. The van der Waals surface area contributed by atoms with Gasteiger partial charge in [-0.05, 0) is 36.6 Å². The fourth-order valence-electron chi connectivity index (χ4n) is 3.06. The number of aryl methyl sites for hydroxylation is 1. The highest BCUT2D eigenvalue weighted by atomic mass is 16.5. The fraction of sp³-hybridized carbons (Fsp3) is 0.412. The van der Waals surface area contributed by atoms with E-state index in [2.05, 4.69) is 17.1 Å². The third-order valence-corrected chi connectivity index (χ3v) is 4.31. The summed E-state index contributed by atoms with van der Waals surface area (Å²) in [6.45, 7) is 3.64. The quantitative estimate of drug-likeness (QED) is 0.942. The maximum atomic E-state index is 12.5. The van der Waals surface area contributed by atoms with Gasteiger partial charge in [-0.25, -0.2) is 0 Å². The van der Waals surface area contributed by atoms with Gasteiger partial charge in [-0.2, -0.15) is 5.10 Å². The smallest absolute Gasteiger partial charge is 0.227 e. The predicted octanol–water partition coefficient (Wildman–Crippen LogP) is 2.29. The lowest BCUT2D eigenvalue weighted by Gasteiger charge is -2.16. The number of carbonyl (C=O) groups is 1. The molecule has 0 radical (unpaired) electrons. The first-order valence-corrected chi connectivity index (χ1v) is 7.58. The number of benzene rings is 1. The van der Waals surface area contributed by atoms with Gasteiger partial charge in [0.2, 0.25) is 5.91 Å². The van der Waals surface area contributed by atoms with Crippen LogP contribution in [0.15, 0.2) is 30.5 Å². The highest BCUT2D eigenvalue weighted by molar-refractivity contribution is 5.79. The molecule has 3 rings (SSSR count). The van der Waals surface area contributed by atoms with E-state index >= 15 is 0 Å². The summed E-state index contributed by atoms with van der Waals surface area (Å²) < 4.78 is 5.21. The van der Waals surface area contributed by atoms with Crippen molar-refractivity contribution in [1.82, 2.24) is 15.1 Å². The molecule has 22 heavy (non-hydrogen) atoms. The third-order valence-electron chi connectivity index (χ3n) is 4.31. The zero-order valence-electron chi connectivity index (χ0n) is 13.0. The Morgan fingerprint density at radius 2 is 2.36 bits per heavy atom. The van der Waals surface area contributed by atoms with E-state index in [4.69, 9.17) is 4.74 Å². The van der Waals surface area contributed by atoms with E-state index in [0.717, 1.165) is 36.5 Å². The molecule has 0 saturated carbocycles. The summed E-state index contributed by atoms with van der Waals surface area (Å²) in [6.07, 6.45) is 3.26. The van der Waals surface area contributed by atoms with Gasteiger partial charge in [0.05, 0.1) is 19.7 Å². The first-order chi connectivity index (χ1) is 10.7. The Balaban J connectivity index is 1.63. The molecule has 1 aliphatic rings. The average Bonchev–Trinajstić information content (AvgIpc) is 3.16. The number of rotatable bonds is 4. The second-order valence-electron chi connectivity index (χ2n) is 5.82.